The SMILES string of the molecule is CCCCCCCc1ccc(-c2ccc(C=CC(=O)n3nnc4ccccc43)cc2)cc1. The molecule has 0 saturated heterocycles. The van der Waals surface area contributed by atoms with Crippen LogP contribution in [0, 0.1) is 0 Å². The van der Waals surface area contributed by atoms with E-state index in [9.17, 15) is 4.79 Å². The number of nitrogens with zero attached hydrogens (tertiary/aromatic N) is 3. The number of hydrogen-bond acceptors (Lipinski definition) is 3. The second kappa shape index (κ2) is 10.7. The first-order valence-corrected chi connectivity index (χ1v) is 11.5. The summed E-state index contributed by atoms with van der Waals surface area (Å²) in [6, 6.07) is 24.6. The lowest BCUT2D eigenvalue weighted by Gasteiger charge is -2.06. The van der Waals surface area contributed by atoms with Crippen molar-refractivity contribution in [2.24, 2.45) is 0 Å². The van der Waals surface area contributed by atoms with Crippen molar-refractivity contribution >= 4 is 23.0 Å². The number of allylic oxidation sites excluding steroid dienone is 1. The van der Waals surface area contributed by atoms with Crippen molar-refractivity contribution in [2.45, 2.75) is 45.4 Å². The van der Waals surface area contributed by atoms with Crippen LogP contribution in [0.25, 0.3) is 28.2 Å². The lowest BCUT2D eigenvalue weighted by molar-refractivity contribution is 0.0958. The molecule has 0 bridgehead atoms. The molecule has 1 aromatic heterocycles. The summed E-state index contributed by atoms with van der Waals surface area (Å²) in [5.74, 6) is -0.215. The van der Waals surface area contributed by atoms with Crippen LogP contribution < -0.4 is 0 Å². The molecule has 0 atom stereocenters. The molecular weight excluding hydrogens is 394 g/mol. The van der Waals surface area contributed by atoms with Gasteiger partial charge in [-0.05, 0) is 53.3 Å². The highest BCUT2D eigenvalue weighted by molar-refractivity contribution is 5.98. The van der Waals surface area contributed by atoms with Crippen molar-refractivity contribution in [2.75, 3.05) is 0 Å². The molecule has 1 heterocycles. The maximum Gasteiger partial charge on any atom is 0.272 e. The minimum absolute atomic E-state index is 0.215. The van der Waals surface area contributed by atoms with Gasteiger partial charge in [0.2, 0.25) is 0 Å². The smallest absolute Gasteiger partial charge is 0.267 e. The molecule has 0 spiro atoms. The van der Waals surface area contributed by atoms with E-state index in [4.69, 9.17) is 0 Å². The van der Waals surface area contributed by atoms with E-state index in [1.165, 1.54) is 59.6 Å². The molecule has 0 N–H and O–H groups in total. The lowest BCUT2D eigenvalue weighted by atomic mass is 10.00. The molecule has 0 amide bonds. The molecule has 4 nitrogen and oxygen atoms in total. The topological polar surface area (TPSA) is 47.8 Å². The van der Waals surface area contributed by atoms with Gasteiger partial charge in [0.15, 0.2) is 0 Å². The summed E-state index contributed by atoms with van der Waals surface area (Å²) in [4.78, 5) is 12.5. The molecule has 4 rings (SSSR count). The Balaban J connectivity index is 1.36. The van der Waals surface area contributed by atoms with Gasteiger partial charge in [-0.2, -0.15) is 4.68 Å². The van der Waals surface area contributed by atoms with Crippen LogP contribution in [0.1, 0.15) is 54.9 Å². The second-order valence-corrected chi connectivity index (χ2v) is 8.14. The van der Waals surface area contributed by atoms with Gasteiger partial charge in [-0.1, -0.05) is 98.5 Å². The Bertz CT molecular complexity index is 1190. The molecule has 0 saturated carbocycles. The Kier molecular flexibility index (Phi) is 7.23. The van der Waals surface area contributed by atoms with Gasteiger partial charge in [0.25, 0.3) is 5.91 Å². The fourth-order valence-corrected chi connectivity index (χ4v) is 3.85. The van der Waals surface area contributed by atoms with Crippen LogP contribution in [0.4, 0.5) is 0 Å². The normalized spacial score (nSPS) is 11.4. The highest BCUT2D eigenvalue weighted by atomic mass is 16.2. The van der Waals surface area contributed by atoms with E-state index >= 15 is 0 Å². The third-order valence-corrected chi connectivity index (χ3v) is 5.75. The maximum absolute atomic E-state index is 12.5. The van der Waals surface area contributed by atoms with Gasteiger partial charge in [-0.3, -0.25) is 4.79 Å². The molecule has 0 aliphatic rings. The van der Waals surface area contributed by atoms with Crippen molar-refractivity contribution in [3.05, 3.63) is 90.0 Å². The van der Waals surface area contributed by atoms with Crippen LogP contribution in [0.15, 0.2) is 78.9 Å². The van der Waals surface area contributed by atoms with E-state index in [0.717, 1.165) is 12.0 Å². The van der Waals surface area contributed by atoms with Crippen molar-refractivity contribution in [3.63, 3.8) is 0 Å². The number of unbranched alkanes of at least 4 members (excludes halogenated alkanes) is 4. The summed E-state index contributed by atoms with van der Waals surface area (Å²) in [5, 5.41) is 8.00. The minimum atomic E-state index is -0.215. The first-order chi connectivity index (χ1) is 15.7. The molecule has 162 valence electrons. The summed E-state index contributed by atoms with van der Waals surface area (Å²) >= 11 is 0. The summed E-state index contributed by atoms with van der Waals surface area (Å²) in [5.41, 5.74) is 6.17. The van der Waals surface area contributed by atoms with Gasteiger partial charge < -0.3 is 0 Å². The average Bonchev–Trinajstić information content (AvgIpc) is 3.28. The number of fused-ring (bicyclic) bond motifs is 1. The molecule has 4 aromatic rings. The number of aryl methyl sites for hydroxylation is 1. The zero-order valence-corrected chi connectivity index (χ0v) is 18.6. The lowest BCUT2D eigenvalue weighted by Crippen LogP contribution is -2.08. The van der Waals surface area contributed by atoms with Gasteiger partial charge in [0, 0.05) is 6.08 Å². The molecule has 32 heavy (non-hydrogen) atoms. The Morgan fingerprint density at radius 3 is 2.28 bits per heavy atom. The van der Waals surface area contributed by atoms with Crippen molar-refractivity contribution < 1.29 is 4.79 Å². The van der Waals surface area contributed by atoms with Gasteiger partial charge in [-0.25, -0.2) is 0 Å². The summed E-state index contributed by atoms with van der Waals surface area (Å²) in [7, 11) is 0. The van der Waals surface area contributed by atoms with Gasteiger partial charge >= 0.3 is 0 Å². The third kappa shape index (κ3) is 5.38. The van der Waals surface area contributed by atoms with Gasteiger partial charge in [0.1, 0.15) is 5.52 Å². The zero-order chi connectivity index (χ0) is 22.2. The first kappa shape index (κ1) is 21.7. The van der Waals surface area contributed by atoms with Crippen molar-refractivity contribution in [3.8, 4) is 11.1 Å². The second-order valence-electron chi connectivity index (χ2n) is 8.14. The molecule has 0 aliphatic carbocycles. The number of hydrogen-bond donors (Lipinski definition) is 0. The summed E-state index contributed by atoms with van der Waals surface area (Å²) in [6.45, 7) is 2.25. The molecule has 0 unspecified atom stereocenters. The van der Waals surface area contributed by atoms with Crippen LogP contribution in [-0.2, 0) is 6.42 Å². The first-order valence-electron chi connectivity index (χ1n) is 11.5. The molecule has 0 aliphatic heterocycles. The number of aromatic nitrogens is 3. The molecule has 0 fully saturated rings. The Morgan fingerprint density at radius 1 is 0.844 bits per heavy atom. The van der Waals surface area contributed by atoms with Crippen LogP contribution in [0.3, 0.4) is 0 Å². The van der Waals surface area contributed by atoms with Gasteiger partial charge in [0.05, 0.1) is 5.52 Å². The fourth-order valence-electron chi connectivity index (χ4n) is 3.85. The predicted molar refractivity (Wildman–Crippen MR) is 132 cm³/mol. The molecule has 0 radical (unpaired) electrons. The van der Waals surface area contributed by atoms with Crippen LogP contribution in [0.2, 0.25) is 0 Å². The zero-order valence-electron chi connectivity index (χ0n) is 18.6. The van der Waals surface area contributed by atoms with E-state index in [0.29, 0.717) is 11.0 Å². The van der Waals surface area contributed by atoms with Crippen LogP contribution in [-0.4, -0.2) is 20.9 Å². The number of carbonyl (C=O) groups excluding carboxylic acids is 1. The van der Waals surface area contributed by atoms with E-state index in [2.05, 4.69) is 53.6 Å². The number of rotatable bonds is 9. The maximum atomic E-state index is 12.5. The minimum Gasteiger partial charge on any atom is -0.267 e. The summed E-state index contributed by atoms with van der Waals surface area (Å²) in [6.07, 6.45) is 11.1. The highest BCUT2D eigenvalue weighted by Gasteiger charge is 2.08. The molecule has 4 heteroatoms. The number of benzene rings is 3. The van der Waals surface area contributed by atoms with Crippen molar-refractivity contribution in [1.29, 1.82) is 0 Å². The van der Waals surface area contributed by atoms with E-state index < -0.39 is 0 Å². The van der Waals surface area contributed by atoms with E-state index in [1.807, 2.05) is 42.5 Å². The third-order valence-electron chi connectivity index (χ3n) is 5.75. The van der Waals surface area contributed by atoms with E-state index in [1.54, 1.807) is 0 Å². The van der Waals surface area contributed by atoms with Crippen LogP contribution in [0.5, 0.6) is 0 Å². The quantitative estimate of drug-likeness (QED) is 0.216. The predicted octanol–water partition coefficient (Wildman–Crippen LogP) is 6.96. The average molecular weight is 424 g/mol. The van der Waals surface area contributed by atoms with Gasteiger partial charge in [-0.15, -0.1) is 5.10 Å². The van der Waals surface area contributed by atoms with Crippen molar-refractivity contribution in [1.82, 2.24) is 15.0 Å². The fraction of sp³-hybridized carbons (Fsp3) is 0.250. The standard InChI is InChI=1S/C28H29N3O/c1-2-3-4-5-6-9-22-12-17-24(18-13-22)25-19-14-23(15-20-25)16-21-28(32)31-27-11-8-7-10-26(27)29-30-31/h7-8,10-21H,2-6,9H2,1H3. The Labute approximate surface area is 189 Å². The largest absolute Gasteiger partial charge is 0.272 e. The van der Waals surface area contributed by atoms with E-state index in [-0.39, 0.29) is 5.91 Å². The Hall–Kier alpha value is -3.53. The number of carbonyl (C=O) groups is 1. The molecular formula is C28H29N3O. The van der Waals surface area contributed by atoms with Crippen LogP contribution >= 0.6 is 0 Å². The summed E-state index contributed by atoms with van der Waals surface area (Å²) < 4.78 is 1.32. The highest BCUT2D eigenvalue weighted by Crippen LogP contribution is 2.22. The molecule has 3 aromatic carbocycles. The monoisotopic (exact) mass is 423 g/mol. The Morgan fingerprint density at radius 2 is 1.53 bits per heavy atom. The number of para-hydroxylation sites is 1.